The van der Waals surface area contributed by atoms with E-state index in [-0.39, 0.29) is 11.8 Å². The second-order valence-electron chi connectivity index (χ2n) is 3.84. The Hall–Kier alpha value is -0.850. The summed E-state index contributed by atoms with van der Waals surface area (Å²) >= 11 is 1.64. The molecule has 0 radical (unpaired) electrons. The minimum absolute atomic E-state index is 0.145. The van der Waals surface area contributed by atoms with Crippen LogP contribution in [0.2, 0.25) is 0 Å². The summed E-state index contributed by atoms with van der Waals surface area (Å²) in [7, 11) is 0. The number of hydrogen-bond donors (Lipinski definition) is 1. The van der Waals surface area contributed by atoms with Gasteiger partial charge in [-0.1, -0.05) is 6.58 Å². The first-order valence-corrected chi connectivity index (χ1v) is 7.48. The van der Waals surface area contributed by atoms with E-state index in [0.29, 0.717) is 32.6 Å². The smallest absolute Gasteiger partial charge is 0.306 e. The molecule has 6 heteroatoms. The van der Waals surface area contributed by atoms with E-state index in [9.17, 15) is 9.59 Å². The molecule has 2 N–H and O–H groups in total. The van der Waals surface area contributed by atoms with Gasteiger partial charge >= 0.3 is 5.97 Å². The fourth-order valence-corrected chi connectivity index (χ4v) is 1.85. The van der Waals surface area contributed by atoms with Gasteiger partial charge in [-0.05, 0) is 13.0 Å². The van der Waals surface area contributed by atoms with Gasteiger partial charge in [0.2, 0.25) is 0 Å². The van der Waals surface area contributed by atoms with Crippen molar-refractivity contribution in [2.24, 2.45) is 5.73 Å². The Morgan fingerprint density at radius 3 is 2.74 bits per heavy atom. The molecule has 0 aromatic rings. The fourth-order valence-electron chi connectivity index (χ4n) is 1.17. The van der Waals surface area contributed by atoms with Crippen molar-refractivity contribution in [3.05, 3.63) is 12.7 Å². The molecule has 110 valence electrons. The van der Waals surface area contributed by atoms with Gasteiger partial charge in [0.15, 0.2) is 5.78 Å². The Balaban J connectivity index is 3.41. The van der Waals surface area contributed by atoms with E-state index < -0.39 is 6.10 Å². The number of rotatable bonds is 12. The molecule has 0 aromatic heterocycles. The molecule has 19 heavy (non-hydrogen) atoms. The van der Waals surface area contributed by atoms with Crippen molar-refractivity contribution in [1.29, 1.82) is 0 Å². The van der Waals surface area contributed by atoms with Crippen LogP contribution in [0.5, 0.6) is 0 Å². The van der Waals surface area contributed by atoms with E-state index in [2.05, 4.69) is 6.58 Å². The first-order chi connectivity index (χ1) is 9.11. The van der Waals surface area contributed by atoms with E-state index in [1.165, 1.54) is 6.08 Å². The van der Waals surface area contributed by atoms with E-state index in [1.807, 2.05) is 0 Å². The number of esters is 1. The highest BCUT2D eigenvalue weighted by Gasteiger charge is 2.09. The van der Waals surface area contributed by atoms with Gasteiger partial charge in [-0.2, -0.15) is 11.8 Å². The molecule has 0 fully saturated rings. The molecule has 0 aliphatic heterocycles. The van der Waals surface area contributed by atoms with Crippen molar-refractivity contribution in [2.45, 2.75) is 25.9 Å². The first-order valence-electron chi connectivity index (χ1n) is 6.33. The van der Waals surface area contributed by atoms with Crippen molar-refractivity contribution in [3.8, 4) is 0 Å². The molecule has 1 atom stereocenters. The highest BCUT2D eigenvalue weighted by molar-refractivity contribution is 7.99. The lowest BCUT2D eigenvalue weighted by atomic mass is 10.2. The number of carbonyl (C=O) groups excluding carboxylic acids is 2. The predicted octanol–water partition coefficient (Wildman–Crippen LogP) is 1.16. The van der Waals surface area contributed by atoms with Crippen molar-refractivity contribution in [3.63, 3.8) is 0 Å². The molecule has 0 aliphatic rings. The lowest BCUT2D eigenvalue weighted by Crippen LogP contribution is -2.19. The summed E-state index contributed by atoms with van der Waals surface area (Å²) in [5.74, 6) is 1.24. The maximum atomic E-state index is 11.3. The SMILES string of the molecule is C=CC(=O)C(C)OCCCOC(=O)CCSCCN. The molecule has 0 amide bonds. The van der Waals surface area contributed by atoms with Crippen LogP contribution in [-0.4, -0.2) is 49.1 Å². The minimum atomic E-state index is -0.485. The Morgan fingerprint density at radius 2 is 2.11 bits per heavy atom. The molecule has 0 saturated heterocycles. The summed E-state index contributed by atoms with van der Waals surface area (Å²) < 4.78 is 10.3. The molecule has 0 aromatic carbocycles. The van der Waals surface area contributed by atoms with Gasteiger partial charge in [-0.15, -0.1) is 0 Å². The molecule has 0 spiro atoms. The van der Waals surface area contributed by atoms with Crippen molar-refractivity contribution >= 4 is 23.5 Å². The summed E-state index contributed by atoms with van der Waals surface area (Å²) in [6, 6.07) is 0. The molecule has 0 aliphatic carbocycles. The monoisotopic (exact) mass is 289 g/mol. The van der Waals surface area contributed by atoms with Crippen molar-refractivity contribution < 1.29 is 19.1 Å². The second-order valence-corrected chi connectivity index (χ2v) is 5.07. The van der Waals surface area contributed by atoms with Crippen LogP contribution in [0.1, 0.15) is 19.8 Å². The Kier molecular flexibility index (Phi) is 11.7. The van der Waals surface area contributed by atoms with Gasteiger partial charge < -0.3 is 15.2 Å². The summed E-state index contributed by atoms with van der Waals surface area (Å²) in [6.45, 7) is 6.38. The predicted molar refractivity (Wildman–Crippen MR) is 77.2 cm³/mol. The molecule has 0 heterocycles. The van der Waals surface area contributed by atoms with Crippen LogP contribution in [-0.2, 0) is 19.1 Å². The minimum Gasteiger partial charge on any atom is -0.466 e. The van der Waals surface area contributed by atoms with Crippen molar-refractivity contribution in [2.75, 3.05) is 31.3 Å². The molecule has 0 bridgehead atoms. The Morgan fingerprint density at radius 1 is 1.37 bits per heavy atom. The average Bonchev–Trinajstić information content (AvgIpc) is 2.42. The number of carbonyl (C=O) groups is 2. The second kappa shape index (κ2) is 12.2. The van der Waals surface area contributed by atoms with Crippen molar-refractivity contribution in [1.82, 2.24) is 0 Å². The quantitative estimate of drug-likeness (QED) is 0.330. The third-order valence-electron chi connectivity index (χ3n) is 2.23. The average molecular weight is 289 g/mol. The number of ether oxygens (including phenoxy) is 2. The van der Waals surface area contributed by atoms with E-state index in [4.69, 9.17) is 15.2 Å². The lowest BCUT2D eigenvalue weighted by molar-refractivity contribution is -0.144. The summed E-state index contributed by atoms with van der Waals surface area (Å²) in [5, 5.41) is 0. The van der Waals surface area contributed by atoms with Crippen LogP contribution in [0, 0.1) is 0 Å². The zero-order valence-electron chi connectivity index (χ0n) is 11.4. The van der Waals surface area contributed by atoms with Crippen LogP contribution >= 0.6 is 11.8 Å². The normalized spacial score (nSPS) is 11.9. The van der Waals surface area contributed by atoms with Gasteiger partial charge in [0, 0.05) is 24.5 Å². The van der Waals surface area contributed by atoms with Gasteiger partial charge in [0.25, 0.3) is 0 Å². The van der Waals surface area contributed by atoms with Crippen LogP contribution < -0.4 is 5.73 Å². The summed E-state index contributed by atoms with van der Waals surface area (Å²) in [6.07, 6.45) is 1.73. The van der Waals surface area contributed by atoms with Gasteiger partial charge in [0.05, 0.1) is 19.6 Å². The van der Waals surface area contributed by atoms with E-state index >= 15 is 0 Å². The topological polar surface area (TPSA) is 78.6 Å². The summed E-state index contributed by atoms with van der Waals surface area (Å²) in [5.41, 5.74) is 5.33. The van der Waals surface area contributed by atoms with E-state index in [1.54, 1.807) is 18.7 Å². The number of ketones is 1. The molecular formula is C13H23NO4S. The number of nitrogens with two attached hydrogens (primary N) is 1. The maximum absolute atomic E-state index is 11.3. The molecule has 0 rings (SSSR count). The van der Waals surface area contributed by atoms with Gasteiger partial charge in [-0.25, -0.2) is 0 Å². The Bertz CT molecular complexity index is 284. The zero-order chi connectivity index (χ0) is 14.5. The van der Waals surface area contributed by atoms with Gasteiger partial charge in [0.1, 0.15) is 6.10 Å². The van der Waals surface area contributed by atoms with E-state index in [0.717, 1.165) is 11.5 Å². The highest BCUT2D eigenvalue weighted by Crippen LogP contribution is 2.02. The Labute approximate surface area is 118 Å². The zero-order valence-corrected chi connectivity index (χ0v) is 12.2. The summed E-state index contributed by atoms with van der Waals surface area (Å²) in [4.78, 5) is 22.4. The van der Waals surface area contributed by atoms with Crippen LogP contribution in [0.25, 0.3) is 0 Å². The van der Waals surface area contributed by atoms with Crippen LogP contribution in [0.4, 0.5) is 0 Å². The highest BCUT2D eigenvalue weighted by atomic mass is 32.2. The molecule has 1 unspecified atom stereocenters. The fraction of sp³-hybridized carbons (Fsp3) is 0.692. The van der Waals surface area contributed by atoms with Crippen LogP contribution in [0.3, 0.4) is 0 Å². The van der Waals surface area contributed by atoms with Crippen LogP contribution in [0.15, 0.2) is 12.7 Å². The lowest BCUT2D eigenvalue weighted by Gasteiger charge is -2.09. The number of thioether (sulfide) groups is 1. The standard InChI is InChI=1S/C13H23NO4S/c1-3-12(15)11(2)17-7-4-8-18-13(16)5-9-19-10-6-14/h3,11H,1,4-10,14H2,2H3. The first kappa shape index (κ1) is 18.1. The third kappa shape index (κ3) is 10.7. The molecule has 5 nitrogen and oxygen atoms in total. The maximum Gasteiger partial charge on any atom is 0.306 e. The molecule has 0 saturated carbocycles. The molecular weight excluding hydrogens is 266 g/mol. The largest absolute Gasteiger partial charge is 0.466 e. The third-order valence-corrected chi connectivity index (χ3v) is 3.25. The van der Waals surface area contributed by atoms with Gasteiger partial charge in [-0.3, -0.25) is 9.59 Å². The number of hydrogen-bond acceptors (Lipinski definition) is 6.